The number of piperazine rings is 1. The van der Waals surface area contributed by atoms with Gasteiger partial charge < -0.3 is 10.2 Å². The molecule has 6 heteroatoms. The first-order chi connectivity index (χ1) is 14.2. The van der Waals surface area contributed by atoms with Gasteiger partial charge in [-0.2, -0.15) is 0 Å². The Balaban J connectivity index is 1.50. The lowest BCUT2D eigenvalue weighted by atomic mass is 9.87. The third-order valence-corrected chi connectivity index (χ3v) is 5.57. The maximum Gasteiger partial charge on any atom is 0.260 e. The summed E-state index contributed by atoms with van der Waals surface area (Å²) >= 11 is 0. The van der Waals surface area contributed by atoms with Crippen molar-refractivity contribution < 1.29 is 10.0 Å². The zero-order chi connectivity index (χ0) is 21.7. The van der Waals surface area contributed by atoms with Gasteiger partial charge in [0.05, 0.1) is 13.1 Å². The van der Waals surface area contributed by atoms with Crippen molar-refractivity contribution >= 4 is 17.3 Å². The van der Waals surface area contributed by atoms with Gasteiger partial charge in [0.1, 0.15) is 0 Å². The van der Waals surface area contributed by atoms with Gasteiger partial charge in [0.2, 0.25) is 0 Å². The Bertz CT molecular complexity index is 820. The van der Waals surface area contributed by atoms with Crippen LogP contribution >= 0.6 is 0 Å². The second kappa shape index (κ2) is 9.60. The number of hydrogen-bond donors (Lipinski definition) is 2. The molecule has 0 aromatic heterocycles. The van der Waals surface area contributed by atoms with Crippen LogP contribution in [0.25, 0.3) is 0 Å². The molecule has 0 saturated carbocycles. The van der Waals surface area contributed by atoms with Crippen LogP contribution in [-0.2, 0) is 16.8 Å². The van der Waals surface area contributed by atoms with Crippen LogP contribution in [0, 0.1) is 0 Å². The van der Waals surface area contributed by atoms with Crippen molar-refractivity contribution in [3.05, 3.63) is 59.7 Å². The zero-order valence-corrected chi connectivity index (χ0v) is 18.6. The molecular formula is C24H34N4O2. The number of nitrogens with zero attached hydrogens (tertiary/aromatic N) is 3. The Labute approximate surface area is 180 Å². The van der Waals surface area contributed by atoms with Crippen molar-refractivity contribution in [2.45, 2.75) is 32.7 Å². The summed E-state index contributed by atoms with van der Waals surface area (Å²) in [5.74, 6) is -0.263. The van der Waals surface area contributed by atoms with Gasteiger partial charge in [0, 0.05) is 37.6 Å². The second-order valence-corrected chi connectivity index (χ2v) is 9.18. The lowest BCUT2D eigenvalue weighted by Gasteiger charge is -2.32. The van der Waals surface area contributed by atoms with E-state index in [2.05, 4.69) is 67.2 Å². The van der Waals surface area contributed by atoms with Crippen LogP contribution in [0.5, 0.6) is 0 Å². The van der Waals surface area contributed by atoms with Crippen molar-refractivity contribution in [1.82, 2.24) is 14.9 Å². The van der Waals surface area contributed by atoms with Gasteiger partial charge in [-0.05, 0) is 47.9 Å². The van der Waals surface area contributed by atoms with Crippen LogP contribution in [0.4, 0.5) is 11.4 Å². The molecule has 1 aliphatic rings. The average molecular weight is 411 g/mol. The summed E-state index contributed by atoms with van der Waals surface area (Å²) in [6.45, 7) is 10.7. The summed E-state index contributed by atoms with van der Waals surface area (Å²) in [5.41, 5.74) is 4.32. The number of likely N-dealkylation sites (N-methyl/N-ethyl adjacent to an activating group) is 1. The van der Waals surface area contributed by atoms with Crippen LogP contribution in [0.2, 0.25) is 0 Å². The molecule has 1 saturated heterocycles. The highest BCUT2D eigenvalue weighted by Gasteiger charge is 2.19. The van der Waals surface area contributed by atoms with Gasteiger partial charge in [-0.1, -0.05) is 45.0 Å². The molecule has 0 unspecified atom stereocenters. The zero-order valence-electron chi connectivity index (χ0n) is 18.6. The molecule has 6 nitrogen and oxygen atoms in total. The van der Waals surface area contributed by atoms with E-state index in [1.54, 1.807) is 0 Å². The highest BCUT2D eigenvalue weighted by atomic mass is 16.5. The summed E-state index contributed by atoms with van der Waals surface area (Å²) in [6.07, 6.45) is 0. The summed E-state index contributed by atoms with van der Waals surface area (Å²) in [7, 11) is 2.08. The fraction of sp³-hybridized carbons (Fsp3) is 0.458. The first-order valence-corrected chi connectivity index (χ1v) is 10.6. The lowest BCUT2D eigenvalue weighted by molar-refractivity contribution is -0.169. The number of carbonyl (C=O) groups excluding carboxylic acids is 1. The van der Waals surface area contributed by atoms with Crippen LogP contribution in [0.15, 0.2) is 48.5 Å². The van der Waals surface area contributed by atoms with E-state index in [-0.39, 0.29) is 24.4 Å². The number of anilines is 2. The molecule has 0 radical (unpaired) electrons. The highest BCUT2D eigenvalue weighted by Crippen LogP contribution is 2.25. The standard InChI is InChI=1S/C24H34N4O2/c1-24(2,3)20-7-11-22(12-8-20)25-21-9-5-19(6-10-21)17-28(30)23(29)18-27-15-13-26(4)14-16-27/h5-12,25,30H,13-18H2,1-4H3. The fourth-order valence-electron chi connectivity index (χ4n) is 3.45. The number of amides is 1. The Morgan fingerprint density at radius 2 is 1.50 bits per heavy atom. The van der Waals surface area contributed by atoms with Crippen LogP contribution < -0.4 is 5.32 Å². The number of nitrogens with one attached hydrogen (secondary N) is 1. The van der Waals surface area contributed by atoms with Gasteiger partial charge in [0.15, 0.2) is 0 Å². The molecule has 162 valence electrons. The quantitative estimate of drug-likeness (QED) is 0.562. The molecule has 1 amide bonds. The minimum Gasteiger partial charge on any atom is -0.356 e. The molecule has 0 atom stereocenters. The SMILES string of the molecule is CN1CCN(CC(=O)N(O)Cc2ccc(Nc3ccc(C(C)(C)C)cc3)cc2)CC1. The number of carbonyl (C=O) groups is 1. The molecule has 2 aromatic rings. The van der Waals surface area contributed by atoms with Gasteiger partial charge in [0.25, 0.3) is 5.91 Å². The van der Waals surface area contributed by atoms with Crippen LogP contribution in [-0.4, -0.2) is 65.7 Å². The van der Waals surface area contributed by atoms with Crippen LogP contribution in [0.3, 0.4) is 0 Å². The first-order valence-electron chi connectivity index (χ1n) is 10.6. The molecule has 0 aliphatic carbocycles. The summed E-state index contributed by atoms with van der Waals surface area (Å²) in [5, 5.41) is 14.4. The van der Waals surface area contributed by atoms with E-state index in [0.29, 0.717) is 0 Å². The minimum absolute atomic E-state index is 0.137. The predicted octanol–water partition coefficient (Wildman–Crippen LogP) is 3.69. The van der Waals surface area contributed by atoms with Gasteiger partial charge in [-0.3, -0.25) is 14.9 Å². The Morgan fingerprint density at radius 3 is 2.03 bits per heavy atom. The smallest absolute Gasteiger partial charge is 0.260 e. The van der Waals surface area contributed by atoms with Gasteiger partial charge in [-0.25, -0.2) is 5.06 Å². The third kappa shape index (κ3) is 6.29. The topological polar surface area (TPSA) is 59.0 Å². The molecule has 1 fully saturated rings. The molecule has 0 bridgehead atoms. The summed E-state index contributed by atoms with van der Waals surface area (Å²) < 4.78 is 0. The monoisotopic (exact) mass is 410 g/mol. The molecule has 1 aliphatic heterocycles. The lowest BCUT2D eigenvalue weighted by Crippen LogP contribution is -2.48. The van der Waals surface area contributed by atoms with Gasteiger partial charge >= 0.3 is 0 Å². The van der Waals surface area contributed by atoms with Crippen molar-refractivity contribution in [2.75, 3.05) is 45.1 Å². The fourth-order valence-corrected chi connectivity index (χ4v) is 3.45. The number of benzene rings is 2. The first kappa shape index (κ1) is 22.3. The van der Waals surface area contributed by atoms with E-state index >= 15 is 0 Å². The van der Waals surface area contributed by atoms with Crippen molar-refractivity contribution in [3.8, 4) is 0 Å². The Kier molecular flexibility index (Phi) is 7.13. The summed E-state index contributed by atoms with van der Waals surface area (Å²) in [6, 6.07) is 16.2. The minimum atomic E-state index is -0.263. The second-order valence-electron chi connectivity index (χ2n) is 9.18. The van der Waals surface area contributed by atoms with Crippen LogP contribution in [0.1, 0.15) is 31.9 Å². The van der Waals surface area contributed by atoms with Crippen molar-refractivity contribution in [1.29, 1.82) is 0 Å². The Morgan fingerprint density at radius 1 is 0.967 bits per heavy atom. The number of rotatable bonds is 6. The third-order valence-electron chi connectivity index (χ3n) is 5.57. The summed E-state index contributed by atoms with van der Waals surface area (Å²) in [4.78, 5) is 16.6. The maximum atomic E-state index is 12.3. The van der Waals surface area contributed by atoms with E-state index in [9.17, 15) is 10.0 Å². The van der Waals surface area contributed by atoms with E-state index in [0.717, 1.165) is 48.2 Å². The molecule has 2 aromatic carbocycles. The molecule has 3 rings (SSSR count). The van der Waals surface area contributed by atoms with E-state index in [1.165, 1.54) is 5.56 Å². The van der Waals surface area contributed by atoms with E-state index in [1.807, 2.05) is 24.3 Å². The molecule has 1 heterocycles. The number of hydroxylamine groups is 2. The van der Waals surface area contributed by atoms with Crippen molar-refractivity contribution in [3.63, 3.8) is 0 Å². The highest BCUT2D eigenvalue weighted by molar-refractivity contribution is 5.77. The molecule has 2 N–H and O–H groups in total. The molecule has 30 heavy (non-hydrogen) atoms. The van der Waals surface area contributed by atoms with E-state index in [4.69, 9.17) is 0 Å². The predicted molar refractivity (Wildman–Crippen MR) is 121 cm³/mol. The number of hydrogen-bond acceptors (Lipinski definition) is 5. The molecular weight excluding hydrogens is 376 g/mol. The largest absolute Gasteiger partial charge is 0.356 e. The Hall–Kier alpha value is -2.41. The van der Waals surface area contributed by atoms with E-state index < -0.39 is 0 Å². The average Bonchev–Trinajstić information content (AvgIpc) is 2.71. The maximum absolute atomic E-state index is 12.3. The molecule has 0 spiro atoms. The normalized spacial score (nSPS) is 15.8. The van der Waals surface area contributed by atoms with Gasteiger partial charge in [-0.15, -0.1) is 0 Å². The van der Waals surface area contributed by atoms with Crippen molar-refractivity contribution in [2.24, 2.45) is 0 Å².